The van der Waals surface area contributed by atoms with Gasteiger partial charge in [-0.2, -0.15) is 0 Å². The van der Waals surface area contributed by atoms with Gasteiger partial charge in [0.25, 0.3) is 0 Å². The molecule has 0 bridgehead atoms. The fraction of sp³-hybridized carbons (Fsp3) is 0.833. The van der Waals surface area contributed by atoms with Crippen molar-refractivity contribution in [1.29, 1.82) is 0 Å². The summed E-state index contributed by atoms with van der Waals surface area (Å²) >= 11 is -1.40. The van der Waals surface area contributed by atoms with Gasteiger partial charge in [-0.15, -0.1) is 0 Å². The topological polar surface area (TPSA) is 37.3 Å². The van der Waals surface area contributed by atoms with E-state index in [-0.39, 0.29) is 0 Å². The molecule has 9 heavy (non-hydrogen) atoms. The molecule has 0 saturated carbocycles. The van der Waals surface area contributed by atoms with Crippen LogP contribution in [0.4, 0.5) is 0 Å². The molecule has 0 saturated heterocycles. The van der Waals surface area contributed by atoms with E-state index in [1.54, 1.807) is 0 Å². The predicted molar refractivity (Wildman–Crippen MR) is 40.4 cm³/mol. The molecule has 0 aliphatic heterocycles. The van der Waals surface area contributed by atoms with Gasteiger partial charge >= 0.3 is 58.2 Å². The minimum absolute atomic E-state index is 0.358. The van der Waals surface area contributed by atoms with Crippen LogP contribution in [0.3, 0.4) is 0 Å². The van der Waals surface area contributed by atoms with E-state index in [9.17, 15) is 4.79 Å². The molecule has 0 aliphatic rings. The number of hydrogen-bond acceptors (Lipinski definition) is 1. The van der Waals surface area contributed by atoms with E-state index in [2.05, 4.69) is 17.1 Å². The number of aliphatic carboxylic acids is 1. The first kappa shape index (κ1) is 9.03. The maximum atomic E-state index is 10.1. The van der Waals surface area contributed by atoms with Crippen molar-refractivity contribution in [3.63, 3.8) is 0 Å². The molecule has 55 valence electrons. The molecule has 0 aromatic carbocycles. The molecular formula is C6H14AsO2. The average Bonchev–Trinajstić information content (AvgIpc) is 1.59. The van der Waals surface area contributed by atoms with E-state index in [0.717, 1.165) is 5.21 Å². The molecule has 0 unspecified atom stereocenters. The van der Waals surface area contributed by atoms with Gasteiger partial charge in [0.1, 0.15) is 0 Å². The summed E-state index contributed by atoms with van der Waals surface area (Å²) in [6, 6.07) is 0. The Morgan fingerprint density at radius 3 is 2.00 bits per heavy atom. The van der Waals surface area contributed by atoms with Gasteiger partial charge in [-0.1, -0.05) is 0 Å². The Labute approximate surface area is 58.7 Å². The number of carboxylic acid groups (broad SMARTS) is 1. The summed E-state index contributed by atoms with van der Waals surface area (Å²) in [6.45, 7) is 0. The van der Waals surface area contributed by atoms with Crippen molar-refractivity contribution < 1.29 is 9.90 Å². The molecule has 0 atom stereocenters. The summed E-state index contributed by atoms with van der Waals surface area (Å²) in [5, 5.41) is 9.23. The van der Waals surface area contributed by atoms with Crippen LogP contribution in [-0.4, -0.2) is 24.6 Å². The van der Waals surface area contributed by atoms with Gasteiger partial charge in [0, 0.05) is 0 Å². The summed E-state index contributed by atoms with van der Waals surface area (Å²) < 4.78 is 0. The van der Waals surface area contributed by atoms with Crippen molar-refractivity contribution in [2.45, 2.75) is 28.8 Å². The third-order valence-corrected chi connectivity index (χ3v) is 4.28. The first-order chi connectivity index (χ1) is 3.92. The average molecular weight is 193 g/mol. The van der Waals surface area contributed by atoms with Gasteiger partial charge < -0.3 is 0 Å². The van der Waals surface area contributed by atoms with Gasteiger partial charge in [0.05, 0.1) is 0 Å². The second-order valence-electron chi connectivity index (χ2n) is 3.16. The SMILES string of the molecule is C[As](C)(C)CCC(=O)O. The second kappa shape index (κ2) is 3.26. The normalized spacial score (nSPS) is 11.4. The molecule has 0 aromatic heterocycles. The van der Waals surface area contributed by atoms with E-state index in [0.29, 0.717) is 6.42 Å². The number of carbonyl (C=O) groups is 1. The van der Waals surface area contributed by atoms with Crippen LogP contribution in [0.15, 0.2) is 0 Å². The molecule has 0 spiro atoms. The van der Waals surface area contributed by atoms with Crippen LogP contribution in [-0.2, 0) is 4.79 Å². The van der Waals surface area contributed by atoms with E-state index < -0.39 is 19.5 Å². The quantitative estimate of drug-likeness (QED) is 0.694. The van der Waals surface area contributed by atoms with E-state index in [4.69, 9.17) is 5.11 Å². The van der Waals surface area contributed by atoms with E-state index in [1.165, 1.54) is 0 Å². The zero-order valence-electron chi connectivity index (χ0n) is 6.22. The molecule has 0 aromatic rings. The molecule has 0 rings (SSSR count). The van der Waals surface area contributed by atoms with Gasteiger partial charge in [0.2, 0.25) is 0 Å². The summed E-state index contributed by atoms with van der Waals surface area (Å²) in [4.78, 5) is 10.1. The van der Waals surface area contributed by atoms with Crippen molar-refractivity contribution >= 4 is 19.5 Å². The molecule has 3 heteroatoms. The summed E-state index contributed by atoms with van der Waals surface area (Å²) in [6.07, 6.45) is 0.358. The molecule has 1 radical (unpaired) electrons. The predicted octanol–water partition coefficient (Wildman–Crippen LogP) is 1.80. The molecule has 0 aliphatic carbocycles. The van der Waals surface area contributed by atoms with Crippen molar-refractivity contribution in [3.8, 4) is 0 Å². The van der Waals surface area contributed by atoms with E-state index in [1.807, 2.05) is 0 Å². The van der Waals surface area contributed by atoms with Crippen LogP contribution in [0.2, 0.25) is 22.3 Å². The second-order valence-corrected chi connectivity index (χ2v) is 13.7. The zero-order chi connectivity index (χ0) is 7.49. The molecule has 1 N–H and O–H groups in total. The fourth-order valence-corrected chi connectivity index (χ4v) is 2.24. The minimum atomic E-state index is -1.40. The molecule has 0 fully saturated rings. The Morgan fingerprint density at radius 1 is 1.44 bits per heavy atom. The van der Waals surface area contributed by atoms with Gasteiger partial charge in [0.15, 0.2) is 0 Å². The van der Waals surface area contributed by atoms with Crippen molar-refractivity contribution in [3.05, 3.63) is 0 Å². The Hall–Kier alpha value is 0.0284. The van der Waals surface area contributed by atoms with Gasteiger partial charge in [-0.05, 0) is 0 Å². The van der Waals surface area contributed by atoms with Crippen LogP contribution in [0.5, 0.6) is 0 Å². The molecule has 0 heterocycles. The Bertz CT molecular complexity index is 104. The third-order valence-electron chi connectivity index (χ3n) is 0.996. The first-order valence-corrected chi connectivity index (χ1v) is 9.90. The Morgan fingerprint density at radius 2 is 1.89 bits per heavy atom. The van der Waals surface area contributed by atoms with Crippen molar-refractivity contribution in [2.75, 3.05) is 0 Å². The van der Waals surface area contributed by atoms with Crippen LogP contribution in [0.25, 0.3) is 0 Å². The Kier molecular flexibility index (Phi) is 3.27. The summed E-state index contributed by atoms with van der Waals surface area (Å²) in [7, 11) is 0. The van der Waals surface area contributed by atoms with Crippen LogP contribution in [0, 0.1) is 0 Å². The third kappa shape index (κ3) is 8.03. The summed E-state index contributed by atoms with van der Waals surface area (Å²) in [5.74, 6) is -0.661. The monoisotopic (exact) mass is 193 g/mol. The van der Waals surface area contributed by atoms with Crippen LogP contribution in [0.1, 0.15) is 6.42 Å². The Balaban J connectivity index is 3.39. The maximum absolute atomic E-state index is 10.1. The fourth-order valence-electron chi connectivity index (χ4n) is 0.431. The standard InChI is InChI=1S/C6H14AsO2/c1-7(2,3)5-4-6(8)9/h4-5H2,1-3H3,(H,8,9). The molecule has 2 nitrogen and oxygen atoms in total. The number of carboxylic acids is 1. The summed E-state index contributed by atoms with van der Waals surface area (Å²) in [5.41, 5.74) is 6.63. The van der Waals surface area contributed by atoms with Gasteiger partial charge in [-0.3, -0.25) is 0 Å². The van der Waals surface area contributed by atoms with Crippen LogP contribution >= 0.6 is 0 Å². The number of hydrogen-bond donors (Lipinski definition) is 1. The molecular weight excluding hydrogens is 179 g/mol. The van der Waals surface area contributed by atoms with Gasteiger partial charge in [-0.25, -0.2) is 0 Å². The zero-order valence-corrected chi connectivity index (χ0v) is 8.09. The number of rotatable bonds is 3. The first-order valence-electron chi connectivity index (χ1n) is 2.94. The molecule has 0 amide bonds. The van der Waals surface area contributed by atoms with E-state index >= 15 is 0 Å². The van der Waals surface area contributed by atoms with Crippen molar-refractivity contribution in [2.24, 2.45) is 0 Å². The van der Waals surface area contributed by atoms with Crippen LogP contribution < -0.4 is 0 Å². The van der Waals surface area contributed by atoms with Crippen molar-refractivity contribution in [1.82, 2.24) is 0 Å².